The molecule has 5 nitrogen and oxygen atoms in total. The average molecular weight is 293 g/mol. The molecule has 1 aromatic carbocycles. The highest BCUT2D eigenvalue weighted by Crippen LogP contribution is 2.19. The van der Waals surface area contributed by atoms with E-state index in [1.807, 2.05) is 37.4 Å². The van der Waals surface area contributed by atoms with Gasteiger partial charge in [0.25, 0.3) is 0 Å². The Bertz CT molecular complexity index is 579. The first kappa shape index (κ1) is 13.8. The largest absolute Gasteiger partial charge is 0.370 e. The van der Waals surface area contributed by atoms with Gasteiger partial charge in [0.05, 0.1) is 6.54 Å². The van der Waals surface area contributed by atoms with E-state index in [1.54, 1.807) is 11.8 Å². The van der Waals surface area contributed by atoms with E-state index in [9.17, 15) is 0 Å². The van der Waals surface area contributed by atoms with Crippen LogP contribution in [-0.4, -0.2) is 22.4 Å². The molecule has 0 saturated carbocycles. The molecule has 0 fully saturated rings. The van der Waals surface area contributed by atoms with Crippen molar-refractivity contribution >= 4 is 34.7 Å². The summed E-state index contributed by atoms with van der Waals surface area (Å²) in [4.78, 5) is 4.25. The van der Waals surface area contributed by atoms with Gasteiger partial charge in [-0.3, -0.25) is 0 Å². The van der Waals surface area contributed by atoms with Crippen LogP contribution < -0.4 is 11.1 Å². The van der Waals surface area contributed by atoms with Gasteiger partial charge in [0.1, 0.15) is 5.01 Å². The molecule has 0 unspecified atom stereocenters. The van der Waals surface area contributed by atoms with Crippen LogP contribution >= 0.6 is 23.1 Å². The minimum Gasteiger partial charge on any atom is -0.370 e. The second kappa shape index (κ2) is 6.53. The normalized spacial score (nSPS) is 11.6. The van der Waals surface area contributed by atoms with Crippen LogP contribution in [0.1, 0.15) is 10.6 Å². The molecule has 3 N–H and O–H groups in total. The van der Waals surface area contributed by atoms with Crippen LogP contribution in [0.15, 0.2) is 33.6 Å². The fourth-order valence-corrected chi connectivity index (χ4v) is 2.69. The molecule has 7 heteroatoms. The maximum Gasteiger partial charge on any atom is 0.193 e. The van der Waals surface area contributed by atoms with Crippen molar-refractivity contribution in [2.45, 2.75) is 17.8 Å². The zero-order chi connectivity index (χ0) is 13.7. The molecule has 0 amide bonds. The van der Waals surface area contributed by atoms with Gasteiger partial charge in [0.15, 0.2) is 10.3 Å². The summed E-state index contributed by atoms with van der Waals surface area (Å²) in [5, 5.41) is 12.0. The first-order chi connectivity index (χ1) is 9.17. The predicted octanol–water partition coefficient (Wildman–Crippen LogP) is 2.50. The molecule has 100 valence electrons. The van der Waals surface area contributed by atoms with Crippen molar-refractivity contribution < 1.29 is 0 Å². The molecule has 1 aromatic heterocycles. The lowest BCUT2D eigenvalue weighted by molar-refractivity contribution is 0.926. The first-order valence-electron chi connectivity index (χ1n) is 5.67. The third-order valence-electron chi connectivity index (χ3n) is 2.30. The highest BCUT2D eigenvalue weighted by Gasteiger charge is 2.02. The van der Waals surface area contributed by atoms with Crippen LogP contribution in [0.3, 0.4) is 0 Å². The smallest absolute Gasteiger partial charge is 0.193 e. The summed E-state index contributed by atoms with van der Waals surface area (Å²) in [5.41, 5.74) is 7.94. The summed E-state index contributed by atoms with van der Waals surface area (Å²) in [6.07, 6.45) is 1.97. The molecule has 19 heavy (non-hydrogen) atoms. The van der Waals surface area contributed by atoms with Crippen LogP contribution in [0.4, 0.5) is 5.69 Å². The van der Waals surface area contributed by atoms with Gasteiger partial charge in [-0.2, -0.15) is 0 Å². The number of nitrogens with two attached hydrogens (primary N) is 1. The number of anilines is 1. The van der Waals surface area contributed by atoms with Gasteiger partial charge in [-0.05, 0) is 30.9 Å². The summed E-state index contributed by atoms with van der Waals surface area (Å²) in [6.45, 7) is 2.48. The lowest BCUT2D eigenvalue weighted by Gasteiger charge is -2.05. The number of guanidine groups is 1. The van der Waals surface area contributed by atoms with Crippen molar-refractivity contribution in [2.75, 3.05) is 11.6 Å². The zero-order valence-corrected chi connectivity index (χ0v) is 12.4. The van der Waals surface area contributed by atoms with Crippen molar-refractivity contribution in [2.24, 2.45) is 10.7 Å². The van der Waals surface area contributed by atoms with E-state index in [0.29, 0.717) is 12.5 Å². The van der Waals surface area contributed by atoms with Gasteiger partial charge >= 0.3 is 0 Å². The Kier molecular flexibility index (Phi) is 4.75. The number of nitrogens with zero attached hydrogens (tertiary/aromatic N) is 3. The van der Waals surface area contributed by atoms with Gasteiger partial charge in [-0.25, -0.2) is 4.99 Å². The van der Waals surface area contributed by atoms with Crippen LogP contribution in [-0.2, 0) is 6.54 Å². The second-order valence-corrected chi connectivity index (χ2v) is 5.98. The minimum absolute atomic E-state index is 0.381. The zero-order valence-electron chi connectivity index (χ0n) is 10.8. The van der Waals surface area contributed by atoms with Gasteiger partial charge in [0, 0.05) is 5.69 Å². The molecule has 0 atom stereocenters. The standard InChI is InChI=1S/C12H15N5S2/c1-8-4-3-5-9(6-8)15-11(13)14-7-10-16-17-12(18-2)19-10/h3-6H,7H2,1-2H3,(H3,13,14,15). The third-order valence-corrected chi connectivity index (χ3v) is 4.18. The topological polar surface area (TPSA) is 76.2 Å². The van der Waals surface area contributed by atoms with E-state index in [0.717, 1.165) is 15.0 Å². The molecular weight excluding hydrogens is 278 g/mol. The lowest BCUT2D eigenvalue weighted by Crippen LogP contribution is -2.22. The number of aliphatic imine (C=N–C) groups is 1. The molecule has 1 heterocycles. The van der Waals surface area contributed by atoms with Crippen LogP contribution in [0, 0.1) is 6.92 Å². The number of thioether (sulfide) groups is 1. The van der Waals surface area contributed by atoms with E-state index >= 15 is 0 Å². The molecule has 0 radical (unpaired) electrons. The number of aryl methyl sites for hydroxylation is 1. The molecule has 0 aliphatic carbocycles. The Morgan fingerprint density at radius 2 is 2.32 bits per heavy atom. The lowest BCUT2D eigenvalue weighted by atomic mass is 10.2. The molecule has 2 rings (SSSR count). The van der Waals surface area contributed by atoms with Gasteiger partial charge < -0.3 is 11.1 Å². The summed E-state index contributed by atoms with van der Waals surface area (Å²) in [6, 6.07) is 7.97. The maximum absolute atomic E-state index is 5.83. The summed E-state index contributed by atoms with van der Waals surface area (Å²) < 4.78 is 0.940. The highest BCUT2D eigenvalue weighted by atomic mass is 32.2. The van der Waals surface area contributed by atoms with E-state index in [2.05, 4.69) is 20.5 Å². The van der Waals surface area contributed by atoms with Crippen molar-refractivity contribution in [3.63, 3.8) is 0 Å². The predicted molar refractivity (Wildman–Crippen MR) is 81.8 cm³/mol. The van der Waals surface area contributed by atoms with Crippen molar-refractivity contribution in [3.8, 4) is 0 Å². The van der Waals surface area contributed by atoms with E-state index in [1.165, 1.54) is 16.9 Å². The van der Waals surface area contributed by atoms with Crippen molar-refractivity contribution in [1.29, 1.82) is 0 Å². The maximum atomic E-state index is 5.83. The summed E-state index contributed by atoms with van der Waals surface area (Å²) in [5.74, 6) is 0.381. The highest BCUT2D eigenvalue weighted by molar-refractivity contribution is 8.00. The number of rotatable bonds is 4. The van der Waals surface area contributed by atoms with Gasteiger partial charge in [0.2, 0.25) is 0 Å². The first-order valence-corrected chi connectivity index (χ1v) is 7.71. The molecule has 0 spiro atoms. The average Bonchev–Trinajstić information content (AvgIpc) is 2.84. The number of hydrogen-bond acceptors (Lipinski definition) is 5. The van der Waals surface area contributed by atoms with Crippen LogP contribution in [0.2, 0.25) is 0 Å². The Balaban J connectivity index is 1.95. The SMILES string of the molecule is CSc1nnc(CN=C(N)Nc2cccc(C)c2)s1. The number of hydrogen-bond donors (Lipinski definition) is 2. The fourth-order valence-electron chi connectivity index (χ4n) is 1.45. The van der Waals surface area contributed by atoms with Crippen molar-refractivity contribution in [1.82, 2.24) is 10.2 Å². The van der Waals surface area contributed by atoms with Crippen molar-refractivity contribution in [3.05, 3.63) is 34.8 Å². The van der Waals surface area contributed by atoms with Crippen LogP contribution in [0.25, 0.3) is 0 Å². The Morgan fingerprint density at radius 3 is 3.00 bits per heavy atom. The van der Waals surface area contributed by atoms with E-state index in [-0.39, 0.29) is 0 Å². The Labute approximate surface area is 120 Å². The molecule has 0 aliphatic heterocycles. The molecule has 2 aromatic rings. The number of nitrogens with one attached hydrogen (secondary N) is 1. The van der Waals surface area contributed by atoms with E-state index in [4.69, 9.17) is 5.73 Å². The number of aromatic nitrogens is 2. The number of benzene rings is 1. The monoisotopic (exact) mass is 293 g/mol. The molecule has 0 bridgehead atoms. The second-order valence-electron chi connectivity index (χ2n) is 3.86. The Hall–Kier alpha value is -1.60. The quantitative estimate of drug-likeness (QED) is 0.514. The summed E-state index contributed by atoms with van der Waals surface area (Å²) >= 11 is 3.11. The van der Waals surface area contributed by atoms with E-state index < -0.39 is 0 Å². The van der Waals surface area contributed by atoms with Gasteiger partial charge in [-0.1, -0.05) is 35.2 Å². The molecule has 0 saturated heterocycles. The third kappa shape index (κ3) is 4.22. The Morgan fingerprint density at radius 1 is 1.47 bits per heavy atom. The molecule has 0 aliphatic rings. The molecular formula is C12H15N5S2. The van der Waals surface area contributed by atoms with Crippen LogP contribution in [0.5, 0.6) is 0 Å². The minimum atomic E-state index is 0.381. The fraction of sp³-hybridized carbons (Fsp3) is 0.250. The van der Waals surface area contributed by atoms with Gasteiger partial charge in [-0.15, -0.1) is 10.2 Å². The summed E-state index contributed by atoms with van der Waals surface area (Å²) in [7, 11) is 0.